The summed E-state index contributed by atoms with van der Waals surface area (Å²) in [5.74, 6) is -0.448. The van der Waals surface area contributed by atoms with Crippen molar-refractivity contribution in [2.45, 2.75) is 6.04 Å². The average Bonchev–Trinajstić information content (AvgIpc) is 2.97. The summed E-state index contributed by atoms with van der Waals surface area (Å²) in [6.07, 6.45) is 0. The zero-order valence-electron chi connectivity index (χ0n) is 12.3. The maximum Gasteiger partial charge on any atom is 0.170 e. The first-order valence-electron chi connectivity index (χ1n) is 6.67. The number of likely N-dealkylation sites (N-methyl/N-ethyl adjacent to an activating group) is 1. The molecule has 2 N–H and O–H groups in total. The van der Waals surface area contributed by atoms with Crippen LogP contribution in [0.4, 0.5) is 10.1 Å². The third kappa shape index (κ3) is 4.64. The lowest BCUT2D eigenvalue weighted by molar-refractivity contribution is 0.303. The zero-order valence-corrected chi connectivity index (χ0v) is 14.7. The molecule has 0 radical (unpaired) electrons. The van der Waals surface area contributed by atoms with Gasteiger partial charge in [-0.05, 0) is 56.0 Å². The molecule has 118 valence electrons. The van der Waals surface area contributed by atoms with E-state index in [1.165, 1.54) is 17.0 Å². The van der Waals surface area contributed by atoms with Crippen molar-refractivity contribution in [1.29, 1.82) is 0 Å². The van der Waals surface area contributed by atoms with Crippen molar-refractivity contribution in [2.24, 2.45) is 0 Å². The average molecular weight is 358 g/mol. The van der Waals surface area contributed by atoms with E-state index in [4.69, 9.17) is 23.8 Å². The number of hydrogen-bond acceptors (Lipinski definition) is 3. The molecule has 1 heterocycles. The Hall–Kier alpha value is -1.21. The number of thiocarbonyl (C=S) groups is 1. The monoisotopic (exact) mass is 357 g/mol. The van der Waals surface area contributed by atoms with E-state index in [2.05, 4.69) is 27.0 Å². The molecule has 2 rings (SSSR count). The van der Waals surface area contributed by atoms with Crippen LogP contribution in [0, 0.1) is 5.82 Å². The molecule has 0 bridgehead atoms. The number of benzene rings is 1. The summed E-state index contributed by atoms with van der Waals surface area (Å²) in [7, 11) is 4.06. The fourth-order valence-corrected chi connectivity index (χ4v) is 3.26. The normalized spacial score (nSPS) is 12.2. The standard InChI is InChI=1S/C15H17ClFN3S2/c1-20(2)13(14-4-3-7-22-14)9-18-15(21)19-10-5-6-12(17)11(16)8-10/h3-8,13H,9H2,1-2H3,(H2,18,19,21)/t13-/m0/s1. The van der Waals surface area contributed by atoms with Crippen LogP contribution in [0.2, 0.25) is 5.02 Å². The summed E-state index contributed by atoms with van der Waals surface area (Å²) in [5.41, 5.74) is 0.654. The molecule has 1 aromatic carbocycles. The van der Waals surface area contributed by atoms with Crippen LogP contribution in [0.1, 0.15) is 10.9 Å². The molecule has 3 nitrogen and oxygen atoms in total. The van der Waals surface area contributed by atoms with E-state index < -0.39 is 5.82 Å². The smallest absolute Gasteiger partial charge is 0.170 e. The molecular formula is C15H17ClFN3S2. The number of nitrogens with zero attached hydrogens (tertiary/aromatic N) is 1. The van der Waals surface area contributed by atoms with E-state index >= 15 is 0 Å². The molecular weight excluding hydrogens is 341 g/mol. The van der Waals surface area contributed by atoms with Gasteiger partial charge in [0.1, 0.15) is 5.82 Å². The molecule has 1 aromatic heterocycles. The summed E-state index contributed by atoms with van der Waals surface area (Å²) in [6, 6.07) is 8.78. The number of hydrogen-bond donors (Lipinski definition) is 2. The Morgan fingerprint density at radius 3 is 2.77 bits per heavy atom. The molecule has 0 aliphatic heterocycles. The summed E-state index contributed by atoms with van der Waals surface area (Å²) >= 11 is 12.7. The Labute approximate surface area is 144 Å². The quantitative estimate of drug-likeness (QED) is 0.787. The second-order valence-corrected chi connectivity index (χ2v) is 6.75. The third-order valence-corrected chi connectivity index (χ3v) is 4.64. The van der Waals surface area contributed by atoms with Gasteiger partial charge in [-0.3, -0.25) is 0 Å². The van der Waals surface area contributed by atoms with Crippen LogP contribution < -0.4 is 10.6 Å². The van der Waals surface area contributed by atoms with E-state index in [1.807, 2.05) is 20.2 Å². The van der Waals surface area contributed by atoms with E-state index in [0.717, 1.165) is 0 Å². The van der Waals surface area contributed by atoms with Crippen molar-refractivity contribution in [2.75, 3.05) is 26.0 Å². The van der Waals surface area contributed by atoms with Crippen LogP contribution in [0.25, 0.3) is 0 Å². The molecule has 0 amide bonds. The van der Waals surface area contributed by atoms with Crippen molar-refractivity contribution in [1.82, 2.24) is 10.2 Å². The first-order chi connectivity index (χ1) is 10.5. The summed E-state index contributed by atoms with van der Waals surface area (Å²) < 4.78 is 13.1. The second kappa shape index (κ2) is 7.87. The largest absolute Gasteiger partial charge is 0.360 e. The minimum absolute atomic E-state index is 0.0672. The highest BCUT2D eigenvalue weighted by atomic mass is 35.5. The molecule has 0 fully saturated rings. The Kier molecular flexibility index (Phi) is 6.14. The first kappa shape index (κ1) is 17.1. The summed E-state index contributed by atoms with van der Waals surface area (Å²) in [5, 5.41) is 8.79. The minimum Gasteiger partial charge on any atom is -0.360 e. The van der Waals surface area contributed by atoms with Gasteiger partial charge >= 0.3 is 0 Å². The number of nitrogens with one attached hydrogen (secondary N) is 2. The molecule has 0 saturated carbocycles. The Balaban J connectivity index is 1.92. The molecule has 7 heteroatoms. The lowest BCUT2D eigenvalue weighted by Gasteiger charge is -2.24. The highest BCUT2D eigenvalue weighted by molar-refractivity contribution is 7.80. The predicted octanol–water partition coefficient (Wildman–Crippen LogP) is 4.13. The van der Waals surface area contributed by atoms with Gasteiger partial charge in [0.25, 0.3) is 0 Å². The summed E-state index contributed by atoms with van der Waals surface area (Å²) in [4.78, 5) is 3.40. The van der Waals surface area contributed by atoms with E-state index in [0.29, 0.717) is 17.3 Å². The second-order valence-electron chi connectivity index (χ2n) is 4.96. The van der Waals surface area contributed by atoms with Gasteiger partial charge in [-0.2, -0.15) is 0 Å². The van der Waals surface area contributed by atoms with Crippen molar-refractivity contribution in [3.63, 3.8) is 0 Å². The zero-order chi connectivity index (χ0) is 16.1. The first-order valence-corrected chi connectivity index (χ1v) is 8.33. The van der Waals surface area contributed by atoms with Crippen LogP contribution in [-0.4, -0.2) is 30.7 Å². The van der Waals surface area contributed by atoms with Gasteiger partial charge in [-0.1, -0.05) is 17.7 Å². The molecule has 22 heavy (non-hydrogen) atoms. The van der Waals surface area contributed by atoms with Crippen LogP contribution in [-0.2, 0) is 0 Å². The number of thiophene rings is 1. The molecule has 0 saturated heterocycles. The SMILES string of the molecule is CN(C)[C@@H](CNC(=S)Nc1ccc(F)c(Cl)c1)c1cccs1. The Morgan fingerprint density at radius 1 is 1.41 bits per heavy atom. The predicted molar refractivity (Wildman–Crippen MR) is 96.4 cm³/mol. The lowest BCUT2D eigenvalue weighted by Crippen LogP contribution is -2.36. The maximum absolute atomic E-state index is 13.1. The Bertz CT molecular complexity index is 632. The fraction of sp³-hybridized carbons (Fsp3) is 0.267. The van der Waals surface area contributed by atoms with Crippen molar-refractivity contribution in [3.05, 3.63) is 51.4 Å². The lowest BCUT2D eigenvalue weighted by atomic mass is 10.2. The van der Waals surface area contributed by atoms with Crippen molar-refractivity contribution in [3.8, 4) is 0 Å². The van der Waals surface area contributed by atoms with Crippen LogP contribution in [0.3, 0.4) is 0 Å². The molecule has 0 spiro atoms. The van der Waals surface area contributed by atoms with Crippen LogP contribution in [0.5, 0.6) is 0 Å². The van der Waals surface area contributed by atoms with E-state index in [1.54, 1.807) is 17.4 Å². The van der Waals surface area contributed by atoms with Gasteiger partial charge < -0.3 is 15.5 Å². The third-order valence-electron chi connectivity index (χ3n) is 3.13. The number of rotatable bonds is 5. The molecule has 0 aliphatic carbocycles. The van der Waals surface area contributed by atoms with Gasteiger partial charge in [-0.15, -0.1) is 11.3 Å². The van der Waals surface area contributed by atoms with Crippen molar-refractivity contribution >= 4 is 46.0 Å². The van der Waals surface area contributed by atoms with E-state index in [-0.39, 0.29) is 11.1 Å². The number of halogens is 2. The highest BCUT2D eigenvalue weighted by Gasteiger charge is 2.15. The van der Waals surface area contributed by atoms with Gasteiger partial charge in [0, 0.05) is 17.1 Å². The highest BCUT2D eigenvalue weighted by Crippen LogP contribution is 2.22. The molecule has 0 unspecified atom stereocenters. The molecule has 1 atom stereocenters. The molecule has 0 aliphatic rings. The van der Waals surface area contributed by atoms with E-state index in [9.17, 15) is 4.39 Å². The minimum atomic E-state index is -0.448. The fourth-order valence-electron chi connectivity index (χ4n) is 1.96. The Morgan fingerprint density at radius 2 is 2.18 bits per heavy atom. The number of anilines is 1. The summed E-state index contributed by atoms with van der Waals surface area (Å²) in [6.45, 7) is 0.675. The van der Waals surface area contributed by atoms with Gasteiger partial charge in [-0.25, -0.2) is 4.39 Å². The maximum atomic E-state index is 13.1. The van der Waals surface area contributed by atoms with Gasteiger partial charge in [0.2, 0.25) is 0 Å². The van der Waals surface area contributed by atoms with Gasteiger partial charge in [0.15, 0.2) is 5.11 Å². The van der Waals surface area contributed by atoms with Gasteiger partial charge in [0.05, 0.1) is 11.1 Å². The van der Waals surface area contributed by atoms with Crippen molar-refractivity contribution < 1.29 is 4.39 Å². The topological polar surface area (TPSA) is 27.3 Å². The van der Waals surface area contributed by atoms with Crippen LogP contribution in [0.15, 0.2) is 35.7 Å². The molecule has 2 aromatic rings. The van der Waals surface area contributed by atoms with Crippen LogP contribution >= 0.6 is 35.2 Å².